The van der Waals surface area contributed by atoms with Gasteiger partial charge in [0.05, 0.1) is 12.0 Å². The molecule has 0 unspecified atom stereocenters. The summed E-state index contributed by atoms with van der Waals surface area (Å²) in [7, 11) is -2.86. The molecule has 0 saturated carbocycles. The Hall–Kier alpha value is -2.44. The monoisotopic (exact) mass is 316 g/mol. The maximum atomic E-state index is 11.5. The highest BCUT2D eigenvalue weighted by molar-refractivity contribution is 7.85. The van der Waals surface area contributed by atoms with Crippen molar-refractivity contribution in [2.24, 2.45) is 0 Å². The molecule has 22 heavy (non-hydrogen) atoms. The summed E-state index contributed by atoms with van der Waals surface area (Å²) in [4.78, 5) is 11.3. The number of methoxy groups -OCH3 is 1. The highest BCUT2D eigenvalue weighted by Crippen LogP contribution is 2.38. The fraction of sp³-hybridized carbons (Fsp3) is 0.0625. The fourth-order valence-electron chi connectivity index (χ4n) is 2.66. The van der Waals surface area contributed by atoms with Crippen LogP contribution in [0.25, 0.3) is 21.5 Å². The number of fused-ring (bicyclic) bond motifs is 2. The van der Waals surface area contributed by atoms with Gasteiger partial charge < -0.3 is 4.74 Å². The summed E-state index contributed by atoms with van der Waals surface area (Å²) < 4.78 is 37.3. The van der Waals surface area contributed by atoms with E-state index in [2.05, 4.69) is 0 Å². The van der Waals surface area contributed by atoms with Gasteiger partial charge in [-0.25, -0.2) is 0 Å². The molecular weight excluding hydrogens is 304 g/mol. The number of carbonyl (C=O) groups excluding carboxylic acids is 1. The van der Waals surface area contributed by atoms with Crippen molar-refractivity contribution in [3.8, 4) is 5.75 Å². The Morgan fingerprint density at radius 1 is 1.00 bits per heavy atom. The molecule has 0 bridgehead atoms. The van der Waals surface area contributed by atoms with Gasteiger partial charge in [0.25, 0.3) is 10.1 Å². The molecule has 0 spiro atoms. The molecule has 0 atom stereocenters. The third-order valence-electron chi connectivity index (χ3n) is 3.61. The number of hydrogen-bond acceptors (Lipinski definition) is 4. The zero-order chi connectivity index (χ0) is 15.9. The first kappa shape index (κ1) is 14.5. The number of benzene rings is 3. The third-order valence-corrected chi connectivity index (χ3v) is 4.46. The average molecular weight is 316 g/mol. The molecule has 0 aliphatic heterocycles. The van der Waals surface area contributed by atoms with Crippen molar-refractivity contribution in [2.75, 3.05) is 7.11 Å². The van der Waals surface area contributed by atoms with Gasteiger partial charge in [-0.3, -0.25) is 9.35 Å². The molecule has 0 heterocycles. The van der Waals surface area contributed by atoms with Crippen LogP contribution < -0.4 is 4.74 Å². The number of ether oxygens (including phenoxy) is 1. The largest absolute Gasteiger partial charge is 0.495 e. The molecule has 0 amide bonds. The van der Waals surface area contributed by atoms with Gasteiger partial charge in [-0.2, -0.15) is 8.42 Å². The summed E-state index contributed by atoms with van der Waals surface area (Å²) in [6.45, 7) is 0. The molecule has 0 aliphatic rings. The first-order chi connectivity index (χ1) is 10.5. The minimum Gasteiger partial charge on any atom is -0.495 e. The second-order valence-corrected chi connectivity index (χ2v) is 6.21. The standard InChI is InChI=1S/C16H12O5S/c1-21-16-13-5-3-2-4-11(13)15(9-17)12-7-6-10(8-14(12)16)22(18,19)20/h2-9H,1H3,(H,18,19,20). The molecule has 0 radical (unpaired) electrons. The third kappa shape index (κ3) is 2.13. The van der Waals surface area contributed by atoms with Crippen LogP contribution in [0.3, 0.4) is 0 Å². The van der Waals surface area contributed by atoms with Crippen molar-refractivity contribution >= 4 is 37.9 Å². The Bertz CT molecular complexity index is 1010. The second-order valence-electron chi connectivity index (χ2n) is 4.79. The van der Waals surface area contributed by atoms with Crippen LogP contribution in [0.4, 0.5) is 0 Å². The van der Waals surface area contributed by atoms with E-state index in [4.69, 9.17) is 4.74 Å². The number of aldehydes is 1. The van der Waals surface area contributed by atoms with Crippen molar-refractivity contribution in [1.29, 1.82) is 0 Å². The molecule has 6 heteroatoms. The molecule has 3 aromatic carbocycles. The molecule has 5 nitrogen and oxygen atoms in total. The molecular formula is C16H12O5S. The van der Waals surface area contributed by atoms with Crippen LogP contribution in [0.2, 0.25) is 0 Å². The summed E-state index contributed by atoms with van der Waals surface area (Å²) >= 11 is 0. The Morgan fingerprint density at radius 3 is 2.23 bits per heavy atom. The summed E-state index contributed by atoms with van der Waals surface area (Å²) in [5.74, 6) is 0.460. The fourth-order valence-corrected chi connectivity index (χ4v) is 3.17. The van der Waals surface area contributed by atoms with Gasteiger partial charge in [0, 0.05) is 16.3 Å². The number of hydrogen-bond donors (Lipinski definition) is 1. The Labute approximate surface area is 126 Å². The zero-order valence-electron chi connectivity index (χ0n) is 11.6. The Balaban J connectivity index is 2.58. The van der Waals surface area contributed by atoms with Gasteiger partial charge >= 0.3 is 0 Å². The molecule has 112 valence electrons. The topological polar surface area (TPSA) is 80.7 Å². The highest BCUT2D eigenvalue weighted by atomic mass is 32.2. The number of rotatable bonds is 3. The van der Waals surface area contributed by atoms with E-state index in [-0.39, 0.29) is 4.90 Å². The van der Waals surface area contributed by atoms with E-state index < -0.39 is 10.1 Å². The van der Waals surface area contributed by atoms with Crippen LogP contribution in [-0.4, -0.2) is 26.4 Å². The van der Waals surface area contributed by atoms with Crippen LogP contribution in [-0.2, 0) is 10.1 Å². The molecule has 0 fully saturated rings. The average Bonchev–Trinajstić information content (AvgIpc) is 2.51. The quantitative estimate of drug-likeness (QED) is 0.456. The lowest BCUT2D eigenvalue weighted by atomic mass is 9.96. The molecule has 1 N–H and O–H groups in total. The predicted molar refractivity (Wildman–Crippen MR) is 83.2 cm³/mol. The lowest BCUT2D eigenvalue weighted by Crippen LogP contribution is -1.99. The van der Waals surface area contributed by atoms with Gasteiger partial charge in [-0.05, 0) is 22.9 Å². The van der Waals surface area contributed by atoms with Gasteiger partial charge in [-0.15, -0.1) is 0 Å². The van der Waals surface area contributed by atoms with Crippen LogP contribution in [0.1, 0.15) is 10.4 Å². The van der Waals surface area contributed by atoms with Gasteiger partial charge in [0.2, 0.25) is 0 Å². The molecule has 3 rings (SSSR count). The highest BCUT2D eigenvalue weighted by Gasteiger charge is 2.17. The first-order valence-electron chi connectivity index (χ1n) is 6.42. The number of carbonyl (C=O) groups is 1. The normalized spacial score (nSPS) is 11.7. The van der Waals surface area contributed by atoms with Gasteiger partial charge in [-0.1, -0.05) is 30.3 Å². The summed E-state index contributed by atoms with van der Waals surface area (Å²) in [6, 6.07) is 11.3. The van der Waals surface area contributed by atoms with Crippen molar-refractivity contribution in [1.82, 2.24) is 0 Å². The van der Waals surface area contributed by atoms with Crippen LogP contribution >= 0.6 is 0 Å². The van der Waals surface area contributed by atoms with Gasteiger partial charge in [0.1, 0.15) is 5.75 Å². The maximum Gasteiger partial charge on any atom is 0.294 e. The van der Waals surface area contributed by atoms with E-state index in [0.29, 0.717) is 27.5 Å². The van der Waals surface area contributed by atoms with E-state index in [0.717, 1.165) is 11.7 Å². The summed E-state index contributed by atoms with van der Waals surface area (Å²) in [5, 5.41) is 2.45. The molecule has 0 aliphatic carbocycles. The van der Waals surface area contributed by atoms with E-state index in [9.17, 15) is 17.8 Å². The maximum absolute atomic E-state index is 11.5. The van der Waals surface area contributed by atoms with Crippen LogP contribution in [0, 0.1) is 0 Å². The van der Waals surface area contributed by atoms with Crippen LogP contribution in [0.15, 0.2) is 47.4 Å². The Kier molecular flexibility index (Phi) is 3.35. The van der Waals surface area contributed by atoms with E-state index in [1.54, 1.807) is 18.2 Å². The SMILES string of the molecule is COc1c2ccccc2c(C=O)c2ccc(S(=O)(=O)O)cc12. The van der Waals surface area contributed by atoms with E-state index in [1.807, 2.05) is 6.07 Å². The smallest absolute Gasteiger partial charge is 0.294 e. The second kappa shape index (κ2) is 5.08. The van der Waals surface area contributed by atoms with Crippen molar-refractivity contribution in [2.45, 2.75) is 4.90 Å². The molecule has 0 saturated heterocycles. The van der Waals surface area contributed by atoms with Crippen molar-refractivity contribution < 1.29 is 22.5 Å². The van der Waals surface area contributed by atoms with Crippen molar-refractivity contribution in [3.63, 3.8) is 0 Å². The molecule has 3 aromatic rings. The first-order valence-corrected chi connectivity index (χ1v) is 7.86. The summed E-state index contributed by atoms with van der Waals surface area (Å²) in [6.07, 6.45) is 0.733. The van der Waals surface area contributed by atoms with E-state index >= 15 is 0 Å². The minimum absolute atomic E-state index is 0.245. The Morgan fingerprint density at radius 2 is 1.64 bits per heavy atom. The van der Waals surface area contributed by atoms with Gasteiger partial charge in [0.15, 0.2) is 6.29 Å². The zero-order valence-corrected chi connectivity index (χ0v) is 12.4. The van der Waals surface area contributed by atoms with Crippen LogP contribution in [0.5, 0.6) is 5.75 Å². The summed E-state index contributed by atoms with van der Waals surface area (Å²) in [5.41, 5.74) is 0.452. The van der Waals surface area contributed by atoms with Crippen molar-refractivity contribution in [3.05, 3.63) is 48.0 Å². The van der Waals surface area contributed by atoms with E-state index in [1.165, 1.54) is 25.3 Å². The minimum atomic E-state index is -4.34. The molecule has 0 aromatic heterocycles. The predicted octanol–water partition coefficient (Wildman–Crippen LogP) is 3.06. The lowest BCUT2D eigenvalue weighted by Gasteiger charge is -2.13. The lowest BCUT2D eigenvalue weighted by molar-refractivity contribution is 0.112.